The van der Waals surface area contributed by atoms with E-state index in [-0.39, 0.29) is 16.6 Å². The van der Waals surface area contributed by atoms with Gasteiger partial charge in [0.15, 0.2) is 0 Å². The van der Waals surface area contributed by atoms with Crippen molar-refractivity contribution < 1.29 is 17.9 Å². The molecule has 0 heterocycles. The molecule has 0 aliphatic rings. The number of ether oxygens (including phenoxy) is 1. The van der Waals surface area contributed by atoms with Crippen molar-refractivity contribution in [1.29, 1.82) is 0 Å². The molecule has 24 heavy (non-hydrogen) atoms. The van der Waals surface area contributed by atoms with Crippen LogP contribution >= 0.6 is 0 Å². The standard InChI is InChI=1S/C17H24N2O4S/c1-6-11-18-16(20)10-8-13-7-9-14(23-5)15(12-13)24(21,22)19-17(2,3)4/h6-10,12,19H,1,11H2,2-5H3,(H,18,20). The molecule has 1 amide bonds. The second-order valence-electron chi connectivity index (χ2n) is 6.13. The molecule has 0 radical (unpaired) electrons. The molecule has 1 rings (SSSR count). The van der Waals surface area contributed by atoms with E-state index < -0.39 is 15.6 Å². The Morgan fingerprint density at radius 2 is 2.00 bits per heavy atom. The minimum atomic E-state index is -3.76. The summed E-state index contributed by atoms with van der Waals surface area (Å²) in [6, 6.07) is 4.69. The predicted molar refractivity (Wildman–Crippen MR) is 95.3 cm³/mol. The molecule has 0 saturated heterocycles. The molecule has 7 heteroatoms. The maximum absolute atomic E-state index is 12.6. The van der Waals surface area contributed by atoms with E-state index in [2.05, 4.69) is 16.6 Å². The number of carbonyl (C=O) groups is 1. The maximum atomic E-state index is 12.6. The molecule has 0 fully saturated rings. The first-order valence-corrected chi connectivity index (χ1v) is 8.86. The topological polar surface area (TPSA) is 84.5 Å². The fourth-order valence-electron chi connectivity index (χ4n) is 1.87. The molecule has 0 bridgehead atoms. The molecule has 0 saturated carbocycles. The monoisotopic (exact) mass is 352 g/mol. The van der Waals surface area contributed by atoms with Crippen LogP contribution in [0.25, 0.3) is 6.08 Å². The molecule has 0 aliphatic carbocycles. The number of benzene rings is 1. The lowest BCUT2D eigenvalue weighted by Crippen LogP contribution is -2.40. The third-order valence-corrected chi connectivity index (χ3v) is 4.54. The fourth-order valence-corrected chi connectivity index (χ4v) is 3.49. The number of amides is 1. The smallest absolute Gasteiger partial charge is 0.244 e. The van der Waals surface area contributed by atoms with Crippen LogP contribution in [0.2, 0.25) is 0 Å². The van der Waals surface area contributed by atoms with Gasteiger partial charge in [0.25, 0.3) is 0 Å². The van der Waals surface area contributed by atoms with Crippen molar-refractivity contribution >= 4 is 22.0 Å². The van der Waals surface area contributed by atoms with Gasteiger partial charge in [-0.05, 0) is 44.5 Å². The first-order valence-electron chi connectivity index (χ1n) is 7.38. The zero-order valence-corrected chi connectivity index (χ0v) is 15.2. The highest BCUT2D eigenvalue weighted by atomic mass is 32.2. The van der Waals surface area contributed by atoms with Crippen LogP contribution < -0.4 is 14.8 Å². The Balaban J connectivity index is 3.15. The Morgan fingerprint density at radius 3 is 2.54 bits per heavy atom. The van der Waals surface area contributed by atoms with Crippen molar-refractivity contribution in [2.45, 2.75) is 31.2 Å². The number of nitrogens with one attached hydrogen (secondary N) is 2. The highest BCUT2D eigenvalue weighted by molar-refractivity contribution is 7.89. The van der Waals surface area contributed by atoms with Crippen LogP contribution in [0.4, 0.5) is 0 Å². The van der Waals surface area contributed by atoms with Gasteiger partial charge in [0.2, 0.25) is 15.9 Å². The van der Waals surface area contributed by atoms with Crippen molar-refractivity contribution in [1.82, 2.24) is 10.0 Å². The van der Waals surface area contributed by atoms with Gasteiger partial charge in [0.05, 0.1) is 7.11 Å². The van der Waals surface area contributed by atoms with Crippen molar-refractivity contribution in [2.24, 2.45) is 0 Å². The average molecular weight is 352 g/mol. The number of sulfonamides is 1. The molecule has 0 aromatic heterocycles. The van der Waals surface area contributed by atoms with E-state index in [0.29, 0.717) is 12.1 Å². The van der Waals surface area contributed by atoms with Crippen LogP contribution in [0.15, 0.2) is 41.8 Å². The number of hydrogen-bond donors (Lipinski definition) is 2. The zero-order valence-electron chi connectivity index (χ0n) is 14.4. The van der Waals surface area contributed by atoms with Gasteiger partial charge < -0.3 is 10.1 Å². The summed E-state index contributed by atoms with van der Waals surface area (Å²) in [5.74, 6) is -0.0528. The molecule has 0 unspecified atom stereocenters. The van der Waals surface area contributed by atoms with Gasteiger partial charge in [0, 0.05) is 18.2 Å². The lowest BCUT2D eigenvalue weighted by atomic mass is 10.1. The van der Waals surface area contributed by atoms with E-state index >= 15 is 0 Å². The van der Waals surface area contributed by atoms with Crippen LogP contribution in [0.3, 0.4) is 0 Å². The Kier molecular flexibility index (Phi) is 6.74. The largest absolute Gasteiger partial charge is 0.495 e. The van der Waals surface area contributed by atoms with Crippen molar-refractivity contribution in [3.05, 3.63) is 42.5 Å². The SMILES string of the molecule is C=CCNC(=O)C=Cc1ccc(OC)c(S(=O)(=O)NC(C)(C)C)c1. The molecule has 6 nitrogen and oxygen atoms in total. The quantitative estimate of drug-likeness (QED) is 0.581. The molecule has 1 aromatic rings. The second-order valence-corrected chi connectivity index (χ2v) is 7.78. The molecule has 0 aliphatic heterocycles. The molecule has 132 valence electrons. The summed E-state index contributed by atoms with van der Waals surface area (Å²) < 4.78 is 32.8. The number of methoxy groups -OCH3 is 1. The van der Waals surface area contributed by atoms with E-state index in [1.165, 1.54) is 25.3 Å². The third-order valence-electron chi connectivity index (χ3n) is 2.77. The Morgan fingerprint density at radius 1 is 1.33 bits per heavy atom. The van der Waals surface area contributed by atoms with E-state index in [1.54, 1.807) is 39.0 Å². The molecule has 1 aromatic carbocycles. The lowest BCUT2D eigenvalue weighted by Gasteiger charge is -2.21. The second kappa shape index (κ2) is 8.12. The van der Waals surface area contributed by atoms with Gasteiger partial charge in [-0.15, -0.1) is 6.58 Å². The Bertz CT molecular complexity index is 731. The summed E-state index contributed by atoms with van der Waals surface area (Å²) in [6.07, 6.45) is 4.44. The Hall–Kier alpha value is -2.12. The summed E-state index contributed by atoms with van der Waals surface area (Å²) in [4.78, 5) is 11.6. The number of carbonyl (C=O) groups excluding carboxylic acids is 1. The molecule has 0 atom stereocenters. The minimum absolute atomic E-state index is 0.0218. The maximum Gasteiger partial charge on any atom is 0.244 e. The highest BCUT2D eigenvalue weighted by Gasteiger charge is 2.25. The van der Waals surface area contributed by atoms with Crippen LogP contribution in [0.1, 0.15) is 26.3 Å². The van der Waals surface area contributed by atoms with Gasteiger partial charge in [-0.25, -0.2) is 13.1 Å². The van der Waals surface area contributed by atoms with E-state index in [1.807, 2.05) is 0 Å². The summed E-state index contributed by atoms with van der Waals surface area (Å²) in [5, 5.41) is 2.60. The van der Waals surface area contributed by atoms with Crippen molar-refractivity contribution in [3.8, 4) is 5.75 Å². The van der Waals surface area contributed by atoms with Crippen molar-refractivity contribution in [3.63, 3.8) is 0 Å². The summed E-state index contributed by atoms with van der Waals surface area (Å²) in [5.41, 5.74) is -0.0564. The summed E-state index contributed by atoms with van der Waals surface area (Å²) >= 11 is 0. The molecular weight excluding hydrogens is 328 g/mol. The third kappa shape index (κ3) is 6.17. The van der Waals surface area contributed by atoms with E-state index in [4.69, 9.17) is 4.74 Å². The van der Waals surface area contributed by atoms with E-state index in [9.17, 15) is 13.2 Å². The predicted octanol–water partition coefficient (Wildman–Crippen LogP) is 2.09. The summed E-state index contributed by atoms with van der Waals surface area (Å²) in [6.45, 7) is 9.14. The van der Waals surface area contributed by atoms with Gasteiger partial charge in [-0.2, -0.15) is 0 Å². The van der Waals surface area contributed by atoms with Gasteiger partial charge >= 0.3 is 0 Å². The summed E-state index contributed by atoms with van der Waals surface area (Å²) in [7, 11) is -2.35. The fraction of sp³-hybridized carbons (Fsp3) is 0.353. The first kappa shape index (κ1) is 19.9. The van der Waals surface area contributed by atoms with Gasteiger partial charge in [0.1, 0.15) is 10.6 Å². The number of rotatable bonds is 7. The zero-order chi connectivity index (χ0) is 18.4. The van der Waals surface area contributed by atoms with Crippen LogP contribution in [-0.2, 0) is 14.8 Å². The Labute approximate surface area is 143 Å². The van der Waals surface area contributed by atoms with E-state index in [0.717, 1.165) is 0 Å². The van der Waals surface area contributed by atoms with Crippen molar-refractivity contribution in [2.75, 3.05) is 13.7 Å². The van der Waals surface area contributed by atoms with Gasteiger partial charge in [-0.1, -0.05) is 12.1 Å². The number of hydrogen-bond acceptors (Lipinski definition) is 4. The first-order chi connectivity index (χ1) is 11.1. The van der Waals surface area contributed by atoms with Crippen LogP contribution in [-0.4, -0.2) is 33.5 Å². The molecular formula is C17H24N2O4S. The highest BCUT2D eigenvalue weighted by Crippen LogP contribution is 2.26. The lowest BCUT2D eigenvalue weighted by molar-refractivity contribution is -0.116. The van der Waals surface area contributed by atoms with Gasteiger partial charge in [-0.3, -0.25) is 4.79 Å². The normalized spacial score (nSPS) is 12.2. The average Bonchev–Trinajstić information content (AvgIpc) is 2.48. The van der Waals surface area contributed by atoms with Crippen LogP contribution in [0.5, 0.6) is 5.75 Å². The molecule has 0 spiro atoms. The molecule has 2 N–H and O–H groups in total. The minimum Gasteiger partial charge on any atom is -0.495 e. The van der Waals surface area contributed by atoms with Crippen LogP contribution in [0, 0.1) is 0 Å².